The Morgan fingerprint density at radius 2 is 2.00 bits per heavy atom. The Hall–Kier alpha value is -3.99. The van der Waals surface area contributed by atoms with Crippen LogP contribution in [0, 0.1) is 5.82 Å². The third kappa shape index (κ3) is 3.42. The van der Waals surface area contributed by atoms with Crippen molar-refractivity contribution in [2.45, 2.75) is 0 Å². The summed E-state index contributed by atoms with van der Waals surface area (Å²) in [6, 6.07) is 8.82. The van der Waals surface area contributed by atoms with Gasteiger partial charge in [0.25, 0.3) is 0 Å². The maximum atomic E-state index is 13.5. The molecule has 0 saturated carbocycles. The third-order valence-corrected chi connectivity index (χ3v) is 4.41. The molecule has 4 rings (SSSR count). The van der Waals surface area contributed by atoms with Crippen molar-refractivity contribution < 1.29 is 18.9 Å². The van der Waals surface area contributed by atoms with E-state index in [0.717, 1.165) is 0 Å². The highest BCUT2D eigenvalue weighted by molar-refractivity contribution is 6.31. The predicted molar refractivity (Wildman–Crippen MR) is 107 cm³/mol. The van der Waals surface area contributed by atoms with Gasteiger partial charge in [0, 0.05) is 5.69 Å². The van der Waals surface area contributed by atoms with Gasteiger partial charge in [0.1, 0.15) is 17.2 Å². The van der Waals surface area contributed by atoms with Crippen molar-refractivity contribution in [3.05, 3.63) is 58.5 Å². The smallest absolute Gasteiger partial charge is 0.245 e. The molecule has 2 aromatic carbocycles. The number of rotatable bonds is 5. The Morgan fingerprint density at radius 1 is 1.23 bits per heavy atom. The van der Waals surface area contributed by atoms with Crippen molar-refractivity contribution in [2.75, 3.05) is 12.4 Å². The maximum Gasteiger partial charge on any atom is 0.245 e. The number of hydrogen-bond donors (Lipinski definition) is 3. The number of anilines is 2. The molecule has 0 bridgehead atoms. The van der Waals surface area contributed by atoms with E-state index < -0.39 is 5.82 Å². The number of aromatic nitrogens is 4. The third-order valence-electron chi connectivity index (χ3n) is 4.12. The van der Waals surface area contributed by atoms with Gasteiger partial charge in [0.2, 0.25) is 11.3 Å². The minimum atomic E-state index is -0.574. The molecule has 0 saturated heterocycles. The van der Waals surface area contributed by atoms with Crippen molar-refractivity contribution in [1.82, 2.24) is 20.3 Å². The molecule has 4 aromatic rings. The van der Waals surface area contributed by atoms with Crippen LogP contribution in [0.4, 0.5) is 15.9 Å². The lowest BCUT2D eigenvalue weighted by molar-refractivity contribution is 0.314. The average Bonchev–Trinajstić information content (AvgIpc) is 3.20. The average molecular weight is 430 g/mol. The summed E-state index contributed by atoms with van der Waals surface area (Å²) in [4.78, 5) is 8.68. The van der Waals surface area contributed by atoms with Crippen molar-refractivity contribution in [3.8, 4) is 11.5 Å². The Kier molecular flexibility index (Phi) is 5.02. The second-order valence-electron chi connectivity index (χ2n) is 5.92. The first-order chi connectivity index (χ1) is 14.5. The van der Waals surface area contributed by atoms with Gasteiger partial charge in [-0.25, -0.2) is 19.0 Å². The monoisotopic (exact) mass is 429 g/mol. The molecule has 0 aliphatic carbocycles. The van der Waals surface area contributed by atoms with Crippen LogP contribution < -0.4 is 15.9 Å². The number of para-hydroxylation sites is 1. The minimum absolute atomic E-state index is 0.0829. The van der Waals surface area contributed by atoms with E-state index >= 15 is 0 Å². The fourth-order valence-electron chi connectivity index (χ4n) is 2.74. The number of phenols is 1. The predicted octanol–water partition coefficient (Wildman–Crippen LogP) is 2.97. The quantitative estimate of drug-likeness (QED) is 0.247. The van der Waals surface area contributed by atoms with Gasteiger partial charge in [0.05, 0.1) is 17.7 Å². The lowest BCUT2D eigenvalue weighted by Crippen LogP contribution is -2.14. The Balaban J connectivity index is 1.88. The van der Waals surface area contributed by atoms with Crippen LogP contribution in [0.3, 0.4) is 0 Å². The number of ether oxygens (including phenoxy) is 1. The molecular formula is C18H13ClFN7O3. The van der Waals surface area contributed by atoms with E-state index in [1.807, 2.05) is 0 Å². The second-order valence-corrected chi connectivity index (χ2v) is 6.33. The first kappa shape index (κ1) is 19.3. The fraction of sp³-hybridized carbons (Fsp3) is 0.0556. The summed E-state index contributed by atoms with van der Waals surface area (Å²) >= 11 is 5.86. The van der Waals surface area contributed by atoms with Gasteiger partial charge in [-0.15, -0.1) is 0 Å². The van der Waals surface area contributed by atoms with Crippen LogP contribution in [0.2, 0.25) is 5.02 Å². The summed E-state index contributed by atoms with van der Waals surface area (Å²) in [5.74, 6) is 5.22. The standard InChI is InChI=1S/C18H13ClFN7O3/c1-29-12-4-2-3-9(15(12)28)13(25-21)14-16(24-18-17(23-14)26-30-27-18)22-8-5-6-11(20)10(19)7-8/h2-7,28H,21H2,1H3,(H,22,24,27). The summed E-state index contributed by atoms with van der Waals surface area (Å²) in [5.41, 5.74) is 1.07. The molecule has 0 aliphatic heterocycles. The zero-order chi connectivity index (χ0) is 21.3. The SMILES string of the molecule is COc1cccc(C(=NN)c2nc3nonc3nc2Nc2ccc(F)c(Cl)c2)c1O. The Bertz CT molecular complexity index is 1280. The topological polar surface area (TPSA) is 145 Å². The van der Waals surface area contributed by atoms with Crippen LogP contribution in [0.1, 0.15) is 11.3 Å². The molecule has 0 spiro atoms. The van der Waals surface area contributed by atoms with Crippen LogP contribution in [0.15, 0.2) is 46.1 Å². The molecule has 2 aromatic heterocycles. The number of nitrogens with one attached hydrogen (secondary N) is 1. The van der Waals surface area contributed by atoms with E-state index in [-0.39, 0.29) is 50.6 Å². The largest absolute Gasteiger partial charge is 0.504 e. The molecule has 0 atom stereocenters. The van der Waals surface area contributed by atoms with Crippen molar-refractivity contribution in [2.24, 2.45) is 10.9 Å². The number of nitrogens with zero attached hydrogens (tertiary/aromatic N) is 5. The van der Waals surface area contributed by atoms with Gasteiger partial charge < -0.3 is 21.0 Å². The van der Waals surface area contributed by atoms with Gasteiger partial charge in [-0.2, -0.15) is 5.10 Å². The Labute approximate surface area is 173 Å². The zero-order valence-corrected chi connectivity index (χ0v) is 16.1. The first-order valence-corrected chi connectivity index (χ1v) is 8.76. The number of benzene rings is 2. The molecule has 0 aliphatic rings. The van der Waals surface area contributed by atoms with E-state index in [1.54, 1.807) is 18.2 Å². The maximum absolute atomic E-state index is 13.5. The summed E-state index contributed by atoms with van der Waals surface area (Å²) < 4.78 is 23.3. The van der Waals surface area contributed by atoms with E-state index in [2.05, 4.69) is 35.3 Å². The van der Waals surface area contributed by atoms with Gasteiger partial charge in [0.15, 0.2) is 17.3 Å². The molecule has 30 heavy (non-hydrogen) atoms. The lowest BCUT2D eigenvalue weighted by Gasteiger charge is -2.14. The van der Waals surface area contributed by atoms with Crippen molar-refractivity contribution in [1.29, 1.82) is 0 Å². The van der Waals surface area contributed by atoms with Crippen LogP contribution >= 0.6 is 11.6 Å². The van der Waals surface area contributed by atoms with Crippen LogP contribution in [0.25, 0.3) is 11.3 Å². The van der Waals surface area contributed by atoms with Crippen LogP contribution in [-0.4, -0.2) is 38.2 Å². The molecular weight excluding hydrogens is 417 g/mol. The molecule has 12 heteroatoms. The molecule has 10 nitrogen and oxygen atoms in total. The fourth-order valence-corrected chi connectivity index (χ4v) is 2.92. The number of halogens is 2. The molecule has 0 radical (unpaired) electrons. The van der Waals surface area contributed by atoms with Crippen LogP contribution in [-0.2, 0) is 0 Å². The number of nitrogens with two attached hydrogens (primary N) is 1. The van der Waals surface area contributed by atoms with Gasteiger partial charge in [-0.3, -0.25) is 0 Å². The van der Waals surface area contributed by atoms with E-state index in [1.165, 1.54) is 25.3 Å². The molecule has 0 amide bonds. The van der Waals surface area contributed by atoms with Gasteiger partial charge >= 0.3 is 0 Å². The highest BCUT2D eigenvalue weighted by Gasteiger charge is 2.23. The summed E-state index contributed by atoms with van der Waals surface area (Å²) in [6.07, 6.45) is 0. The highest BCUT2D eigenvalue weighted by Crippen LogP contribution is 2.33. The lowest BCUT2D eigenvalue weighted by atomic mass is 10.0. The second kappa shape index (κ2) is 7.79. The van der Waals surface area contributed by atoms with E-state index in [4.69, 9.17) is 22.2 Å². The number of fused-ring (bicyclic) bond motifs is 1. The number of phenolic OH excluding ortho intramolecular Hbond substituents is 1. The van der Waals surface area contributed by atoms with Crippen molar-refractivity contribution in [3.63, 3.8) is 0 Å². The summed E-state index contributed by atoms with van der Waals surface area (Å²) in [7, 11) is 1.41. The van der Waals surface area contributed by atoms with Crippen molar-refractivity contribution >= 4 is 40.1 Å². The number of methoxy groups -OCH3 is 1. The number of aromatic hydroxyl groups is 1. The number of hydrazone groups is 1. The molecule has 2 heterocycles. The summed E-state index contributed by atoms with van der Waals surface area (Å²) in [6.45, 7) is 0. The Morgan fingerprint density at radius 3 is 2.70 bits per heavy atom. The molecule has 4 N–H and O–H groups in total. The summed E-state index contributed by atoms with van der Waals surface area (Å²) in [5, 5.41) is 24.6. The van der Waals surface area contributed by atoms with Gasteiger partial charge in [-0.05, 0) is 40.6 Å². The number of hydrogen-bond acceptors (Lipinski definition) is 10. The van der Waals surface area contributed by atoms with Gasteiger partial charge in [-0.1, -0.05) is 17.7 Å². The van der Waals surface area contributed by atoms with E-state index in [9.17, 15) is 9.50 Å². The normalized spacial score (nSPS) is 11.6. The zero-order valence-electron chi connectivity index (χ0n) is 15.3. The molecule has 0 unspecified atom stereocenters. The molecule has 152 valence electrons. The van der Waals surface area contributed by atoms with Crippen LogP contribution in [0.5, 0.6) is 11.5 Å². The minimum Gasteiger partial charge on any atom is -0.504 e. The first-order valence-electron chi connectivity index (χ1n) is 8.38. The molecule has 0 fully saturated rings. The van der Waals surface area contributed by atoms with E-state index in [0.29, 0.717) is 5.69 Å². The highest BCUT2D eigenvalue weighted by atomic mass is 35.5.